The van der Waals surface area contributed by atoms with Crippen LogP contribution in [0.4, 0.5) is 0 Å². The summed E-state index contributed by atoms with van der Waals surface area (Å²) >= 11 is -4.05. The van der Waals surface area contributed by atoms with Crippen molar-refractivity contribution in [1.29, 1.82) is 0 Å². The van der Waals surface area contributed by atoms with Gasteiger partial charge in [-0.1, -0.05) is 0 Å². The van der Waals surface area contributed by atoms with E-state index in [-0.39, 0.29) is 0 Å². The van der Waals surface area contributed by atoms with E-state index in [2.05, 4.69) is 0 Å². The first-order chi connectivity index (χ1) is 12.0. The number of hydrogen-bond acceptors (Lipinski definition) is 6. The molecule has 0 unspecified atom stereocenters. The van der Waals surface area contributed by atoms with Crippen molar-refractivity contribution in [3.63, 3.8) is 0 Å². The zero-order valence-corrected chi connectivity index (χ0v) is 17.8. The molecule has 0 aliphatic heterocycles. The van der Waals surface area contributed by atoms with Crippen LogP contribution in [-0.4, -0.2) is 41.0 Å². The Bertz CT molecular complexity index is 525. The molecule has 6 nitrogen and oxygen atoms in total. The quantitative estimate of drug-likeness (QED) is 0.253. The maximum atomic E-state index is 11.7. The van der Waals surface area contributed by atoms with Crippen LogP contribution in [0.5, 0.6) is 0 Å². The van der Waals surface area contributed by atoms with Crippen molar-refractivity contribution in [2.45, 2.75) is 20.8 Å². The van der Waals surface area contributed by atoms with Crippen molar-refractivity contribution in [1.82, 2.24) is 0 Å². The number of rotatable bonds is 9. The van der Waals surface area contributed by atoms with Gasteiger partial charge in [0.15, 0.2) is 0 Å². The molecule has 0 heterocycles. The molecular formula is C18H21BiO6. The summed E-state index contributed by atoms with van der Waals surface area (Å²) in [7, 11) is 0. The molecule has 0 bridgehead atoms. The summed E-state index contributed by atoms with van der Waals surface area (Å²) in [6, 6.07) is 0. The summed E-state index contributed by atoms with van der Waals surface area (Å²) in [6.45, 7) is 5.36. The molecule has 0 aromatic rings. The number of hydrogen-bond donors (Lipinski definition) is 0. The third-order valence-electron chi connectivity index (χ3n) is 2.10. The first-order valence-corrected chi connectivity index (χ1v) is 11.6. The van der Waals surface area contributed by atoms with Gasteiger partial charge in [0.05, 0.1) is 0 Å². The molecule has 0 aliphatic rings. The third-order valence-corrected chi connectivity index (χ3v) is 5.94. The molecule has 0 radical (unpaired) electrons. The predicted molar refractivity (Wildman–Crippen MR) is 95.9 cm³/mol. The first kappa shape index (κ1) is 22.7. The van der Waals surface area contributed by atoms with E-state index in [0.29, 0.717) is 0 Å². The minimum absolute atomic E-state index is 0.744. The molecule has 0 fully saturated rings. The number of carbonyl (C=O) groups excluding carboxylic acids is 3. The van der Waals surface area contributed by atoms with Gasteiger partial charge in [-0.3, -0.25) is 0 Å². The standard InChI is InChI=1S/3C6H8O2.Bi/c3*1-2-3-4-5-6(7)8;/h3*2-5H,1H3,(H,7,8);/q;;;+3/p-3/b3*3-2+,5-4+;. The van der Waals surface area contributed by atoms with Gasteiger partial charge in [-0.2, -0.15) is 0 Å². The molecule has 0 atom stereocenters. The fourth-order valence-electron chi connectivity index (χ4n) is 1.10. The second-order valence-corrected chi connectivity index (χ2v) is 7.98. The molecule has 7 heteroatoms. The number of allylic oxidation sites excluding steroid dienone is 9. The average molecular weight is 542 g/mol. The van der Waals surface area contributed by atoms with Crippen LogP contribution in [0.1, 0.15) is 20.8 Å². The van der Waals surface area contributed by atoms with Crippen LogP contribution in [0.3, 0.4) is 0 Å². The molecule has 134 valence electrons. The van der Waals surface area contributed by atoms with Crippen molar-refractivity contribution in [3.8, 4) is 0 Å². The topological polar surface area (TPSA) is 78.9 Å². The Labute approximate surface area is 157 Å². The van der Waals surface area contributed by atoms with Crippen molar-refractivity contribution in [2.24, 2.45) is 0 Å². The van der Waals surface area contributed by atoms with Gasteiger partial charge in [-0.05, 0) is 0 Å². The van der Waals surface area contributed by atoms with E-state index >= 15 is 0 Å². The first-order valence-electron chi connectivity index (χ1n) is 7.37. The third kappa shape index (κ3) is 13.8. The molecule has 0 saturated carbocycles. The van der Waals surface area contributed by atoms with Gasteiger partial charge in [-0.15, -0.1) is 0 Å². The molecule has 0 aliphatic carbocycles. The second kappa shape index (κ2) is 15.3. The Balaban J connectivity index is 4.93. The molecule has 25 heavy (non-hydrogen) atoms. The molecule has 0 aromatic heterocycles. The fraction of sp³-hybridized carbons (Fsp3) is 0.167. The SMILES string of the molecule is C/C=C/C=C/C(=O)[O][Bi]([O]C(=O)/C=C/C=C/C)[O]C(=O)/C=C/C=C/C. The van der Waals surface area contributed by atoms with Crippen LogP contribution < -0.4 is 0 Å². The molecule has 0 rings (SSSR count). The summed E-state index contributed by atoms with van der Waals surface area (Å²) in [6.07, 6.45) is 17.9. The van der Waals surface area contributed by atoms with Crippen LogP contribution in [-0.2, 0) is 22.8 Å². The minimum atomic E-state index is -4.05. The molecule has 0 spiro atoms. The Morgan fingerprint density at radius 2 is 0.840 bits per heavy atom. The zero-order valence-electron chi connectivity index (χ0n) is 14.3. The van der Waals surface area contributed by atoms with Gasteiger partial charge < -0.3 is 0 Å². The van der Waals surface area contributed by atoms with Gasteiger partial charge in [-0.25, -0.2) is 0 Å². The molecule has 0 aromatic carbocycles. The Morgan fingerprint density at radius 3 is 1.08 bits per heavy atom. The van der Waals surface area contributed by atoms with E-state index in [1.165, 1.54) is 18.2 Å². The van der Waals surface area contributed by atoms with Crippen molar-refractivity contribution < 1.29 is 22.8 Å². The second-order valence-electron chi connectivity index (χ2n) is 4.11. The average Bonchev–Trinajstić information content (AvgIpc) is 2.55. The van der Waals surface area contributed by atoms with Crippen LogP contribution in [0.2, 0.25) is 0 Å². The molecule has 0 saturated heterocycles. The summed E-state index contributed by atoms with van der Waals surface area (Å²) in [5, 5.41) is 0. The monoisotopic (exact) mass is 542 g/mol. The van der Waals surface area contributed by atoms with Crippen molar-refractivity contribution >= 4 is 41.0 Å². The predicted octanol–water partition coefficient (Wildman–Crippen LogP) is 3.00. The van der Waals surface area contributed by atoms with Crippen LogP contribution in [0, 0.1) is 0 Å². The summed E-state index contributed by atoms with van der Waals surface area (Å²) < 4.78 is 15.0. The van der Waals surface area contributed by atoms with E-state index < -0.39 is 41.0 Å². The zero-order chi connectivity index (χ0) is 18.9. The maximum absolute atomic E-state index is 11.7. The molecular weight excluding hydrogens is 521 g/mol. The fourth-order valence-corrected chi connectivity index (χ4v) is 3.96. The van der Waals surface area contributed by atoms with E-state index in [1.54, 1.807) is 57.2 Å². The van der Waals surface area contributed by atoms with E-state index in [0.717, 1.165) is 18.2 Å². The summed E-state index contributed by atoms with van der Waals surface area (Å²) in [5.41, 5.74) is 0. The van der Waals surface area contributed by atoms with Crippen LogP contribution >= 0.6 is 0 Å². The normalized spacial score (nSPS) is 12.5. The van der Waals surface area contributed by atoms with Gasteiger partial charge in [0.25, 0.3) is 0 Å². The Morgan fingerprint density at radius 1 is 0.560 bits per heavy atom. The van der Waals surface area contributed by atoms with E-state index in [4.69, 9.17) is 8.44 Å². The van der Waals surface area contributed by atoms with Gasteiger partial charge in [0.2, 0.25) is 0 Å². The van der Waals surface area contributed by atoms with Gasteiger partial charge in [0.1, 0.15) is 0 Å². The van der Waals surface area contributed by atoms with Gasteiger partial charge >= 0.3 is 157 Å². The molecule has 0 N–H and O–H groups in total. The van der Waals surface area contributed by atoms with E-state index in [1.807, 2.05) is 0 Å². The van der Waals surface area contributed by atoms with Crippen molar-refractivity contribution in [2.75, 3.05) is 0 Å². The van der Waals surface area contributed by atoms with Crippen molar-refractivity contribution in [3.05, 3.63) is 72.9 Å². The summed E-state index contributed by atoms with van der Waals surface area (Å²) in [5.74, 6) is -2.23. The number of carbonyl (C=O) groups is 3. The van der Waals surface area contributed by atoms with Gasteiger partial charge in [0, 0.05) is 0 Å². The molecule has 0 amide bonds. The van der Waals surface area contributed by atoms with Crippen LogP contribution in [0.25, 0.3) is 0 Å². The van der Waals surface area contributed by atoms with Crippen LogP contribution in [0.15, 0.2) is 72.9 Å². The Hall–Kier alpha value is -2.27. The van der Waals surface area contributed by atoms with E-state index in [9.17, 15) is 14.4 Å². The Kier molecular flexibility index (Phi) is 13.9. The summed E-state index contributed by atoms with van der Waals surface area (Å²) in [4.78, 5) is 35.0.